The molecule has 0 saturated carbocycles. The number of carbonyl (C=O) groups excluding carboxylic acids is 1. The molecule has 1 heterocycles. The summed E-state index contributed by atoms with van der Waals surface area (Å²) < 4.78 is 0. The van der Waals surface area contributed by atoms with Crippen LogP contribution < -0.4 is 5.32 Å². The Hall–Kier alpha value is -3.53. The van der Waals surface area contributed by atoms with Gasteiger partial charge in [0, 0.05) is 30.1 Å². The highest BCUT2D eigenvalue weighted by Crippen LogP contribution is 2.23. The average molecular weight is 487 g/mol. The minimum atomic E-state index is 0.0669. The van der Waals surface area contributed by atoms with Crippen molar-refractivity contribution in [2.75, 3.05) is 6.54 Å². The number of fused-ring (bicyclic) bond motifs is 1. The van der Waals surface area contributed by atoms with E-state index in [0.717, 1.165) is 67.8 Å². The van der Waals surface area contributed by atoms with Crippen molar-refractivity contribution in [3.05, 3.63) is 103 Å². The molecule has 0 saturated heterocycles. The summed E-state index contributed by atoms with van der Waals surface area (Å²) in [4.78, 5) is 15.2. The minimum absolute atomic E-state index is 0.0669. The fourth-order valence-corrected chi connectivity index (χ4v) is 3.65. The number of phenols is 1. The first-order chi connectivity index (χ1) is 17.7. The number of aromatic amines is 1. The molecule has 4 heteroatoms. The number of amides is 1. The molecular formula is C32H42N2O2. The van der Waals surface area contributed by atoms with E-state index in [0.29, 0.717) is 13.0 Å². The molecule has 1 aromatic carbocycles. The van der Waals surface area contributed by atoms with E-state index in [1.807, 2.05) is 12.3 Å². The van der Waals surface area contributed by atoms with Crippen molar-refractivity contribution in [2.24, 2.45) is 0 Å². The highest BCUT2D eigenvalue weighted by Gasteiger charge is 2.05. The third-order valence-electron chi connectivity index (χ3n) is 5.60. The molecule has 0 unspecified atom stereocenters. The van der Waals surface area contributed by atoms with Gasteiger partial charge in [0.1, 0.15) is 5.75 Å². The molecule has 2 aromatic rings. The SMILES string of the molecule is CC/C=C/C/C=C/C/C=C/C/C=C/C/C=C/C/C=C/CCC(=O)NCCc1c[nH]c2ccc(O)cc12. The number of aromatic nitrogens is 1. The van der Waals surface area contributed by atoms with Crippen LogP contribution in [0.5, 0.6) is 5.75 Å². The van der Waals surface area contributed by atoms with E-state index in [4.69, 9.17) is 0 Å². The Morgan fingerprint density at radius 1 is 0.833 bits per heavy atom. The topological polar surface area (TPSA) is 65.1 Å². The number of hydrogen-bond donors (Lipinski definition) is 3. The van der Waals surface area contributed by atoms with Crippen molar-refractivity contribution >= 4 is 16.8 Å². The Morgan fingerprint density at radius 2 is 1.39 bits per heavy atom. The van der Waals surface area contributed by atoms with Crippen LogP contribution in [0.3, 0.4) is 0 Å². The van der Waals surface area contributed by atoms with E-state index in [1.54, 1.807) is 12.1 Å². The molecule has 2 rings (SSSR count). The third-order valence-corrected chi connectivity index (χ3v) is 5.60. The van der Waals surface area contributed by atoms with Gasteiger partial charge in [-0.25, -0.2) is 0 Å². The van der Waals surface area contributed by atoms with E-state index in [9.17, 15) is 9.90 Å². The molecule has 1 amide bonds. The Labute approximate surface area is 216 Å². The number of benzene rings is 1. The summed E-state index contributed by atoms with van der Waals surface area (Å²) in [5, 5.41) is 13.6. The minimum Gasteiger partial charge on any atom is -0.508 e. The van der Waals surface area contributed by atoms with Crippen molar-refractivity contribution in [1.82, 2.24) is 10.3 Å². The molecule has 36 heavy (non-hydrogen) atoms. The Balaban J connectivity index is 1.46. The smallest absolute Gasteiger partial charge is 0.220 e. The Kier molecular flexibility index (Phi) is 15.0. The Morgan fingerprint density at radius 3 is 1.97 bits per heavy atom. The van der Waals surface area contributed by atoms with Crippen LogP contribution in [0.2, 0.25) is 0 Å². The summed E-state index contributed by atoms with van der Waals surface area (Å²) in [5.41, 5.74) is 2.09. The summed E-state index contributed by atoms with van der Waals surface area (Å²) in [7, 11) is 0. The fraction of sp³-hybridized carbons (Fsp3) is 0.344. The lowest BCUT2D eigenvalue weighted by Crippen LogP contribution is -2.25. The van der Waals surface area contributed by atoms with Crippen LogP contribution in [-0.4, -0.2) is 22.5 Å². The number of phenolic OH excluding ortho intramolecular Hbond substituents is 1. The summed E-state index contributed by atoms with van der Waals surface area (Å²) in [6, 6.07) is 5.28. The van der Waals surface area contributed by atoms with Gasteiger partial charge in [0.25, 0.3) is 0 Å². The second-order valence-corrected chi connectivity index (χ2v) is 8.60. The molecule has 0 atom stereocenters. The van der Waals surface area contributed by atoms with Crippen LogP contribution in [0.4, 0.5) is 0 Å². The molecule has 0 aliphatic carbocycles. The fourth-order valence-electron chi connectivity index (χ4n) is 3.65. The third kappa shape index (κ3) is 12.8. The monoisotopic (exact) mass is 486 g/mol. The molecule has 192 valence electrons. The first kappa shape index (κ1) is 28.7. The first-order valence-electron chi connectivity index (χ1n) is 13.2. The first-order valence-corrected chi connectivity index (χ1v) is 13.2. The molecule has 0 radical (unpaired) electrons. The second-order valence-electron chi connectivity index (χ2n) is 8.60. The van der Waals surface area contributed by atoms with Gasteiger partial charge in [-0.2, -0.15) is 0 Å². The molecule has 4 nitrogen and oxygen atoms in total. The van der Waals surface area contributed by atoms with Crippen LogP contribution in [0.1, 0.15) is 63.9 Å². The average Bonchev–Trinajstić information content (AvgIpc) is 3.27. The molecular weight excluding hydrogens is 444 g/mol. The number of nitrogens with one attached hydrogen (secondary N) is 2. The lowest BCUT2D eigenvalue weighted by atomic mass is 10.1. The van der Waals surface area contributed by atoms with Gasteiger partial charge in [-0.3, -0.25) is 4.79 Å². The van der Waals surface area contributed by atoms with Gasteiger partial charge in [0.05, 0.1) is 0 Å². The lowest BCUT2D eigenvalue weighted by molar-refractivity contribution is -0.120. The van der Waals surface area contributed by atoms with E-state index in [-0.39, 0.29) is 11.7 Å². The van der Waals surface area contributed by atoms with Crippen molar-refractivity contribution in [3.63, 3.8) is 0 Å². The summed E-state index contributed by atoms with van der Waals surface area (Å²) >= 11 is 0. The molecule has 0 fully saturated rings. The van der Waals surface area contributed by atoms with Gasteiger partial charge in [-0.05, 0) is 75.1 Å². The predicted octanol–water partition coefficient (Wildman–Crippen LogP) is 8.01. The number of rotatable bonds is 17. The van der Waals surface area contributed by atoms with Crippen LogP contribution in [0, 0.1) is 0 Å². The summed E-state index contributed by atoms with van der Waals surface area (Å²) in [6.45, 7) is 2.74. The van der Waals surface area contributed by atoms with E-state index < -0.39 is 0 Å². The lowest BCUT2D eigenvalue weighted by Gasteiger charge is -2.04. The summed E-state index contributed by atoms with van der Waals surface area (Å²) in [6.07, 6.45) is 36.0. The van der Waals surface area contributed by atoms with Crippen LogP contribution in [-0.2, 0) is 11.2 Å². The zero-order chi connectivity index (χ0) is 25.7. The Bertz CT molecular complexity index is 1070. The van der Waals surface area contributed by atoms with Crippen molar-refractivity contribution < 1.29 is 9.90 Å². The van der Waals surface area contributed by atoms with Crippen LogP contribution in [0.15, 0.2) is 97.3 Å². The maximum Gasteiger partial charge on any atom is 0.220 e. The van der Waals surface area contributed by atoms with Gasteiger partial charge in [-0.1, -0.05) is 79.8 Å². The quantitative estimate of drug-likeness (QED) is 0.198. The van der Waals surface area contributed by atoms with Crippen LogP contribution >= 0.6 is 0 Å². The number of H-pyrrole nitrogens is 1. The molecule has 3 N–H and O–H groups in total. The van der Waals surface area contributed by atoms with Gasteiger partial charge < -0.3 is 15.4 Å². The van der Waals surface area contributed by atoms with E-state index in [2.05, 4.69) is 90.1 Å². The highest BCUT2D eigenvalue weighted by molar-refractivity contribution is 5.84. The van der Waals surface area contributed by atoms with E-state index in [1.165, 1.54) is 0 Å². The maximum atomic E-state index is 12.0. The van der Waals surface area contributed by atoms with Gasteiger partial charge in [0.15, 0.2) is 0 Å². The summed E-state index contributed by atoms with van der Waals surface area (Å²) in [5.74, 6) is 0.320. The standard InChI is InChI=1S/C32H42N2O2/c1-2-3-4-5-6-7-8-9-10-11-12-13-14-15-16-17-18-19-20-21-32(36)33-25-24-28-27-34-31-23-22-29(35)26-30(28)31/h3-4,6-7,9-10,12-13,15-16,18-19,22-23,26-27,34-35H,2,5,8,11,14,17,20-21,24-25H2,1H3,(H,33,36)/b4-3+,7-6+,10-9+,13-12+,16-15+,19-18+. The number of hydrogen-bond acceptors (Lipinski definition) is 2. The number of aromatic hydroxyl groups is 1. The van der Waals surface area contributed by atoms with Gasteiger partial charge in [0.2, 0.25) is 5.91 Å². The number of carbonyl (C=O) groups is 1. The van der Waals surface area contributed by atoms with E-state index >= 15 is 0 Å². The molecule has 1 aromatic heterocycles. The van der Waals surface area contributed by atoms with Crippen molar-refractivity contribution in [1.29, 1.82) is 0 Å². The van der Waals surface area contributed by atoms with Crippen molar-refractivity contribution in [3.8, 4) is 5.75 Å². The molecule has 0 spiro atoms. The maximum absolute atomic E-state index is 12.0. The van der Waals surface area contributed by atoms with Gasteiger partial charge in [-0.15, -0.1) is 0 Å². The number of allylic oxidation sites excluding steroid dienone is 12. The molecule has 0 aliphatic heterocycles. The molecule has 0 bridgehead atoms. The zero-order valence-corrected chi connectivity index (χ0v) is 21.7. The second kappa shape index (κ2) is 18.8. The molecule has 0 aliphatic rings. The van der Waals surface area contributed by atoms with Crippen LogP contribution in [0.25, 0.3) is 10.9 Å². The normalized spacial score (nSPS) is 12.7. The van der Waals surface area contributed by atoms with Gasteiger partial charge >= 0.3 is 0 Å². The zero-order valence-electron chi connectivity index (χ0n) is 21.7. The van der Waals surface area contributed by atoms with Crippen molar-refractivity contribution in [2.45, 2.75) is 64.7 Å². The largest absolute Gasteiger partial charge is 0.508 e. The highest BCUT2D eigenvalue weighted by atomic mass is 16.3. The predicted molar refractivity (Wildman–Crippen MR) is 154 cm³/mol.